The highest BCUT2D eigenvalue weighted by Gasteiger charge is 2.14. The molecule has 0 aliphatic rings. The Morgan fingerprint density at radius 1 is 0.750 bits per heavy atom. The number of hydrogen-bond donors (Lipinski definition) is 0. The van der Waals surface area contributed by atoms with E-state index in [-0.39, 0.29) is 5.78 Å². The molecule has 190 valence electrons. The molecule has 0 aliphatic heterocycles. The van der Waals surface area contributed by atoms with Crippen molar-refractivity contribution in [3.05, 3.63) is 89.0 Å². The molecule has 0 saturated carbocycles. The first-order chi connectivity index (χ1) is 17.2. The van der Waals surface area contributed by atoms with Crippen molar-refractivity contribution in [3.63, 3.8) is 0 Å². The van der Waals surface area contributed by atoms with Crippen LogP contribution >= 0.6 is 0 Å². The van der Waals surface area contributed by atoms with Gasteiger partial charge < -0.3 is 19.3 Å². The van der Waals surface area contributed by atoms with Crippen molar-refractivity contribution in [2.75, 3.05) is 54.5 Å². The lowest BCUT2D eigenvalue weighted by molar-refractivity contribution is 0.104. The van der Waals surface area contributed by atoms with Crippen LogP contribution in [0.4, 0.5) is 0 Å². The van der Waals surface area contributed by atoms with Crippen LogP contribution in [0.2, 0.25) is 0 Å². The summed E-state index contributed by atoms with van der Waals surface area (Å²) in [4.78, 5) is 17.6. The number of para-hydroxylation sites is 1. The molecular weight excluding hydrogens is 448 g/mol. The van der Waals surface area contributed by atoms with Gasteiger partial charge in [-0.25, -0.2) is 0 Å². The normalized spacial score (nSPS) is 11.4. The summed E-state index contributed by atoms with van der Waals surface area (Å²) in [5, 5.41) is 0. The predicted octanol–water partition coefficient (Wildman–Crippen LogP) is 5.75. The molecule has 0 atom stereocenters. The molecule has 0 fully saturated rings. The number of likely N-dealkylation sites (N-methyl/N-ethyl adjacent to an activating group) is 2. The van der Waals surface area contributed by atoms with Crippen molar-refractivity contribution in [2.45, 2.75) is 13.8 Å². The van der Waals surface area contributed by atoms with E-state index in [0.717, 1.165) is 35.5 Å². The molecule has 5 heteroatoms. The molecule has 5 nitrogen and oxygen atoms in total. The van der Waals surface area contributed by atoms with Crippen molar-refractivity contribution < 1.29 is 14.3 Å². The SMILES string of the molecule is Cc1cc(C)cc(-c2ccc(OCCN(C)C)c(C(=O)/C=C/c3ccccc3OCCN(C)C)c2)c1. The Bertz CT molecular complexity index is 1180. The Hall–Kier alpha value is -3.41. The van der Waals surface area contributed by atoms with Gasteiger partial charge in [0.1, 0.15) is 24.7 Å². The molecule has 0 radical (unpaired) electrons. The molecule has 0 aliphatic carbocycles. The smallest absolute Gasteiger partial charge is 0.189 e. The van der Waals surface area contributed by atoms with Gasteiger partial charge in [-0.2, -0.15) is 0 Å². The van der Waals surface area contributed by atoms with E-state index in [9.17, 15) is 4.79 Å². The van der Waals surface area contributed by atoms with E-state index in [1.807, 2.05) is 76.7 Å². The van der Waals surface area contributed by atoms with Crippen LogP contribution in [0, 0.1) is 13.8 Å². The zero-order valence-corrected chi connectivity index (χ0v) is 22.4. The topological polar surface area (TPSA) is 42.0 Å². The summed E-state index contributed by atoms with van der Waals surface area (Å²) in [6, 6.07) is 20.1. The Morgan fingerprint density at radius 2 is 1.36 bits per heavy atom. The number of carbonyl (C=O) groups is 1. The molecule has 0 N–H and O–H groups in total. The quantitative estimate of drug-likeness (QED) is 0.241. The fraction of sp³-hybridized carbons (Fsp3) is 0.323. The van der Waals surface area contributed by atoms with E-state index in [1.54, 1.807) is 6.08 Å². The van der Waals surface area contributed by atoms with Crippen LogP contribution in [-0.4, -0.2) is 70.1 Å². The Labute approximate surface area is 216 Å². The van der Waals surface area contributed by atoms with Gasteiger partial charge in [-0.3, -0.25) is 4.79 Å². The predicted molar refractivity (Wildman–Crippen MR) is 149 cm³/mol. The van der Waals surface area contributed by atoms with Gasteiger partial charge in [0.15, 0.2) is 5.78 Å². The highest BCUT2D eigenvalue weighted by Crippen LogP contribution is 2.29. The Kier molecular flexibility index (Phi) is 9.86. The van der Waals surface area contributed by atoms with Crippen molar-refractivity contribution in [1.82, 2.24) is 9.80 Å². The standard InChI is InChI=1S/C31H38N2O3/c1-23-19-24(2)21-27(20-23)26-12-14-31(36-18-16-33(5)6)28(22-26)29(34)13-11-25-9-7-8-10-30(25)35-17-15-32(3)4/h7-14,19-22H,15-18H2,1-6H3/b13-11+. The molecule has 0 saturated heterocycles. The molecule has 0 unspecified atom stereocenters. The third-order valence-electron chi connectivity index (χ3n) is 5.73. The van der Waals surface area contributed by atoms with Crippen LogP contribution in [0.25, 0.3) is 17.2 Å². The second kappa shape index (κ2) is 13.1. The number of ketones is 1. The number of aryl methyl sites for hydroxylation is 2. The average molecular weight is 487 g/mol. The van der Waals surface area contributed by atoms with E-state index in [0.29, 0.717) is 24.5 Å². The van der Waals surface area contributed by atoms with E-state index in [1.165, 1.54) is 11.1 Å². The highest BCUT2D eigenvalue weighted by molar-refractivity contribution is 6.09. The number of allylic oxidation sites excluding steroid dienone is 1. The number of ether oxygens (including phenoxy) is 2. The minimum atomic E-state index is -0.107. The Balaban J connectivity index is 1.90. The first kappa shape index (κ1) is 27.2. The van der Waals surface area contributed by atoms with E-state index < -0.39 is 0 Å². The van der Waals surface area contributed by atoms with Crippen molar-refractivity contribution in [2.24, 2.45) is 0 Å². The molecule has 3 rings (SSSR count). The lowest BCUT2D eigenvalue weighted by atomic mass is 9.97. The number of hydrogen-bond acceptors (Lipinski definition) is 5. The number of benzene rings is 3. The fourth-order valence-electron chi connectivity index (χ4n) is 3.85. The molecule has 36 heavy (non-hydrogen) atoms. The molecule has 0 heterocycles. The summed E-state index contributed by atoms with van der Waals surface area (Å²) in [6.07, 6.45) is 3.42. The van der Waals surface area contributed by atoms with Crippen LogP contribution in [0.5, 0.6) is 11.5 Å². The van der Waals surface area contributed by atoms with Gasteiger partial charge >= 0.3 is 0 Å². The summed E-state index contributed by atoms with van der Waals surface area (Å²) in [5.74, 6) is 1.24. The second-order valence-corrected chi connectivity index (χ2v) is 9.63. The minimum absolute atomic E-state index is 0.107. The Morgan fingerprint density at radius 3 is 2.00 bits per heavy atom. The van der Waals surface area contributed by atoms with Crippen molar-refractivity contribution in [3.8, 4) is 22.6 Å². The van der Waals surface area contributed by atoms with Gasteiger partial charge in [0.25, 0.3) is 0 Å². The zero-order valence-electron chi connectivity index (χ0n) is 22.4. The van der Waals surface area contributed by atoms with Crippen LogP contribution in [-0.2, 0) is 0 Å². The van der Waals surface area contributed by atoms with Gasteiger partial charge in [0.2, 0.25) is 0 Å². The van der Waals surface area contributed by atoms with Crippen LogP contribution in [0.15, 0.2) is 66.7 Å². The third-order valence-corrected chi connectivity index (χ3v) is 5.73. The van der Waals surface area contributed by atoms with E-state index >= 15 is 0 Å². The van der Waals surface area contributed by atoms with Crippen LogP contribution in [0.1, 0.15) is 27.0 Å². The zero-order chi connectivity index (χ0) is 26.1. The number of rotatable bonds is 12. The molecule has 3 aromatic rings. The minimum Gasteiger partial charge on any atom is -0.492 e. The van der Waals surface area contributed by atoms with Crippen molar-refractivity contribution >= 4 is 11.9 Å². The molecule has 0 amide bonds. The summed E-state index contributed by atoms with van der Waals surface area (Å²) < 4.78 is 12.0. The third kappa shape index (κ3) is 8.08. The maximum Gasteiger partial charge on any atom is 0.189 e. The van der Waals surface area contributed by atoms with Gasteiger partial charge in [0.05, 0.1) is 5.56 Å². The largest absolute Gasteiger partial charge is 0.492 e. The van der Waals surface area contributed by atoms with Gasteiger partial charge in [-0.15, -0.1) is 0 Å². The first-order valence-electron chi connectivity index (χ1n) is 12.3. The van der Waals surface area contributed by atoms with Crippen LogP contribution < -0.4 is 9.47 Å². The molecular formula is C31H38N2O3. The first-order valence-corrected chi connectivity index (χ1v) is 12.3. The van der Waals surface area contributed by atoms with Gasteiger partial charge in [-0.1, -0.05) is 53.6 Å². The summed E-state index contributed by atoms with van der Waals surface area (Å²) >= 11 is 0. The number of nitrogens with zero attached hydrogens (tertiary/aromatic N) is 2. The summed E-state index contributed by atoms with van der Waals surface area (Å²) in [5.41, 5.74) is 5.87. The van der Waals surface area contributed by atoms with E-state index in [4.69, 9.17) is 9.47 Å². The fourth-order valence-corrected chi connectivity index (χ4v) is 3.85. The van der Waals surface area contributed by atoms with Gasteiger partial charge in [-0.05, 0) is 83.5 Å². The maximum atomic E-state index is 13.4. The monoisotopic (exact) mass is 486 g/mol. The maximum absolute atomic E-state index is 13.4. The second-order valence-electron chi connectivity index (χ2n) is 9.63. The summed E-state index contributed by atoms with van der Waals surface area (Å²) in [6.45, 7) is 6.83. The molecule has 0 spiro atoms. The van der Waals surface area contributed by atoms with E-state index in [2.05, 4.69) is 41.8 Å². The molecule has 0 bridgehead atoms. The van der Waals surface area contributed by atoms with Crippen molar-refractivity contribution in [1.29, 1.82) is 0 Å². The van der Waals surface area contributed by atoms with Gasteiger partial charge in [0, 0.05) is 18.7 Å². The molecule has 3 aromatic carbocycles. The lowest BCUT2D eigenvalue weighted by Gasteiger charge is -2.15. The van der Waals surface area contributed by atoms with Crippen LogP contribution in [0.3, 0.4) is 0 Å². The summed E-state index contributed by atoms with van der Waals surface area (Å²) in [7, 11) is 8.02. The lowest BCUT2D eigenvalue weighted by Crippen LogP contribution is -2.20. The number of carbonyl (C=O) groups excluding carboxylic acids is 1. The molecule has 0 aromatic heterocycles. The highest BCUT2D eigenvalue weighted by atomic mass is 16.5. The average Bonchev–Trinajstić information content (AvgIpc) is 2.82.